The van der Waals surface area contributed by atoms with E-state index in [1.165, 1.54) is 0 Å². The molecule has 27 heavy (non-hydrogen) atoms. The Labute approximate surface area is 159 Å². The van der Waals surface area contributed by atoms with Gasteiger partial charge in [0.2, 0.25) is 5.91 Å². The number of nitrogens with one attached hydrogen (secondary N) is 2. The maximum atomic E-state index is 13.1. The van der Waals surface area contributed by atoms with Crippen LogP contribution in [0.1, 0.15) is 28.0 Å². The molecule has 1 aromatic heterocycles. The van der Waals surface area contributed by atoms with Gasteiger partial charge in [0.1, 0.15) is 6.04 Å². The summed E-state index contributed by atoms with van der Waals surface area (Å²) < 4.78 is 0. The molecule has 1 aromatic carbocycles. The van der Waals surface area contributed by atoms with Crippen molar-refractivity contribution in [3.8, 4) is 0 Å². The fraction of sp³-hybridized carbons (Fsp3) is 0.350. The van der Waals surface area contributed by atoms with Gasteiger partial charge in [-0.05, 0) is 43.2 Å². The van der Waals surface area contributed by atoms with E-state index in [4.69, 9.17) is 5.73 Å². The summed E-state index contributed by atoms with van der Waals surface area (Å²) in [4.78, 5) is 31.1. The third-order valence-electron chi connectivity index (χ3n) is 4.89. The minimum absolute atomic E-state index is 0.171. The molecule has 1 fully saturated rings. The molecule has 1 aliphatic rings. The first-order chi connectivity index (χ1) is 13.0. The van der Waals surface area contributed by atoms with Gasteiger partial charge in [-0.15, -0.1) is 0 Å². The SMILES string of the molecule is CNC(=O)[C@@H]1C[C@@H](N)CN1C(=O)c1cccc(NCc2ccccn2)c1C. The number of hydrogen-bond acceptors (Lipinski definition) is 5. The van der Waals surface area contributed by atoms with Gasteiger partial charge in [0.15, 0.2) is 0 Å². The average Bonchev–Trinajstić information content (AvgIpc) is 3.08. The van der Waals surface area contributed by atoms with E-state index < -0.39 is 6.04 Å². The number of carbonyl (C=O) groups excluding carboxylic acids is 2. The molecule has 0 radical (unpaired) electrons. The molecule has 0 bridgehead atoms. The number of likely N-dealkylation sites (N-methyl/N-ethyl adjacent to an activating group) is 1. The van der Waals surface area contributed by atoms with E-state index in [0.717, 1.165) is 16.9 Å². The first-order valence-corrected chi connectivity index (χ1v) is 9.02. The second kappa shape index (κ2) is 8.18. The maximum Gasteiger partial charge on any atom is 0.254 e. The molecule has 7 nitrogen and oxygen atoms in total. The number of carbonyl (C=O) groups is 2. The number of rotatable bonds is 5. The van der Waals surface area contributed by atoms with E-state index >= 15 is 0 Å². The second-order valence-corrected chi connectivity index (χ2v) is 6.74. The molecule has 1 aliphatic heterocycles. The topological polar surface area (TPSA) is 100 Å². The highest BCUT2D eigenvalue weighted by Crippen LogP contribution is 2.25. The van der Waals surface area contributed by atoms with Crippen LogP contribution in [0.3, 0.4) is 0 Å². The average molecular weight is 367 g/mol. The summed E-state index contributed by atoms with van der Waals surface area (Å²) in [5, 5.41) is 5.95. The zero-order chi connectivity index (χ0) is 19.4. The normalized spacial score (nSPS) is 19.0. The highest BCUT2D eigenvalue weighted by atomic mass is 16.2. The molecule has 0 aliphatic carbocycles. The monoisotopic (exact) mass is 367 g/mol. The Morgan fingerprint density at radius 2 is 2.07 bits per heavy atom. The lowest BCUT2D eigenvalue weighted by molar-refractivity contribution is -0.124. The minimum atomic E-state index is -0.526. The lowest BCUT2D eigenvalue weighted by atomic mass is 10.0. The van der Waals surface area contributed by atoms with Crippen molar-refractivity contribution in [2.24, 2.45) is 5.73 Å². The highest BCUT2D eigenvalue weighted by Gasteiger charge is 2.38. The van der Waals surface area contributed by atoms with E-state index in [1.807, 2.05) is 37.3 Å². The number of nitrogens with zero attached hydrogens (tertiary/aromatic N) is 2. The van der Waals surface area contributed by atoms with Gasteiger partial charge in [0, 0.05) is 37.1 Å². The van der Waals surface area contributed by atoms with Gasteiger partial charge in [-0.25, -0.2) is 0 Å². The predicted molar refractivity (Wildman–Crippen MR) is 104 cm³/mol. The molecule has 2 heterocycles. The molecule has 1 saturated heterocycles. The molecule has 2 aromatic rings. The van der Waals surface area contributed by atoms with Crippen LogP contribution in [0.5, 0.6) is 0 Å². The molecule has 0 spiro atoms. The minimum Gasteiger partial charge on any atom is -0.379 e. The Morgan fingerprint density at radius 3 is 2.78 bits per heavy atom. The number of amides is 2. The van der Waals surface area contributed by atoms with Gasteiger partial charge in [-0.1, -0.05) is 12.1 Å². The van der Waals surface area contributed by atoms with Crippen LogP contribution >= 0.6 is 0 Å². The number of likely N-dealkylation sites (tertiary alicyclic amines) is 1. The molecule has 0 unspecified atom stereocenters. The van der Waals surface area contributed by atoms with Crippen molar-refractivity contribution < 1.29 is 9.59 Å². The molecule has 142 valence electrons. The van der Waals surface area contributed by atoms with Gasteiger partial charge >= 0.3 is 0 Å². The molecular formula is C20H25N5O2. The van der Waals surface area contributed by atoms with Crippen LogP contribution < -0.4 is 16.4 Å². The fourth-order valence-corrected chi connectivity index (χ4v) is 3.41. The van der Waals surface area contributed by atoms with E-state index in [1.54, 1.807) is 24.2 Å². The first-order valence-electron chi connectivity index (χ1n) is 9.02. The van der Waals surface area contributed by atoms with Crippen LogP contribution in [0.15, 0.2) is 42.6 Å². The predicted octanol–water partition coefficient (Wildman–Crippen LogP) is 1.29. The number of hydrogen-bond donors (Lipinski definition) is 3. The van der Waals surface area contributed by atoms with Gasteiger partial charge < -0.3 is 21.3 Å². The van der Waals surface area contributed by atoms with Crippen LogP contribution in [0.25, 0.3) is 0 Å². The third-order valence-corrected chi connectivity index (χ3v) is 4.89. The van der Waals surface area contributed by atoms with Crippen molar-refractivity contribution in [1.82, 2.24) is 15.2 Å². The summed E-state index contributed by atoms with van der Waals surface area (Å²) in [5.74, 6) is -0.353. The van der Waals surface area contributed by atoms with E-state index in [9.17, 15) is 9.59 Å². The zero-order valence-corrected chi connectivity index (χ0v) is 15.6. The fourth-order valence-electron chi connectivity index (χ4n) is 3.41. The van der Waals surface area contributed by atoms with Crippen LogP contribution in [-0.2, 0) is 11.3 Å². The number of nitrogens with two attached hydrogens (primary N) is 1. The molecule has 2 atom stereocenters. The second-order valence-electron chi connectivity index (χ2n) is 6.74. The molecule has 4 N–H and O–H groups in total. The van der Waals surface area contributed by atoms with Gasteiger partial charge in [0.25, 0.3) is 5.91 Å². The number of anilines is 1. The Bertz CT molecular complexity index is 824. The summed E-state index contributed by atoms with van der Waals surface area (Å²) >= 11 is 0. The Hall–Kier alpha value is -2.93. The Morgan fingerprint density at radius 1 is 1.26 bits per heavy atom. The Kier molecular flexibility index (Phi) is 5.71. The first kappa shape index (κ1) is 18.8. The molecule has 7 heteroatoms. The van der Waals surface area contributed by atoms with E-state index in [2.05, 4.69) is 15.6 Å². The standard InChI is InChI=1S/C20H25N5O2/c1-13-16(20(27)25-12-14(21)10-18(25)19(26)22-2)7-5-8-17(13)24-11-15-6-3-4-9-23-15/h3-9,14,18,24H,10-12,21H2,1-2H3,(H,22,26)/t14-,18+/m1/s1. The third kappa shape index (κ3) is 4.09. The van der Waals surface area contributed by atoms with Gasteiger partial charge in [-0.3, -0.25) is 14.6 Å². The number of pyridine rings is 1. The summed E-state index contributed by atoms with van der Waals surface area (Å²) in [5.41, 5.74) is 9.21. The quantitative estimate of drug-likeness (QED) is 0.739. The van der Waals surface area contributed by atoms with E-state index in [-0.39, 0.29) is 17.9 Å². The van der Waals surface area contributed by atoms with Crippen molar-refractivity contribution in [1.29, 1.82) is 0 Å². The summed E-state index contributed by atoms with van der Waals surface area (Å²) in [6, 6.07) is 10.6. The Balaban J connectivity index is 1.80. The van der Waals surface area contributed by atoms with Crippen LogP contribution in [0.2, 0.25) is 0 Å². The molecule has 3 rings (SSSR count). The summed E-state index contributed by atoms with van der Waals surface area (Å²) in [7, 11) is 1.57. The largest absolute Gasteiger partial charge is 0.379 e. The van der Waals surface area contributed by atoms with Crippen molar-refractivity contribution in [2.45, 2.75) is 32.0 Å². The highest BCUT2D eigenvalue weighted by molar-refractivity contribution is 6.00. The number of benzene rings is 1. The lowest BCUT2D eigenvalue weighted by Gasteiger charge is -2.24. The lowest BCUT2D eigenvalue weighted by Crippen LogP contribution is -2.45. The van der Waals surface area contributed by atoms with Crippen LogP contribution in [0.4, 0.5) is 5.69 Å². The van der Waals surface area contributed by atoms with Crippen molar-refractivity contribution in [3.05, 3.63) is 59.4 Å². The molecule has 0 saturated carbocycles. The van der Waals surface area contributed by atoms with E-state index in [0.29, 0.717) is 25.1 Å². The summed E-state index contributed by atoms with van der Waals surface area (Å²) in [6.07, 6.45) is 2.22. The summed E-state index contributed by atoms with van der Waals surface area (Å²) in [6.45, 7) is 2.84. The van der Waals surface area contributed by atoms with Crippen molar-refractivity contribution in [2.75, 3.05) is 18.9 Å². The van der Waals surface area contributed by atoms with Crippen molar-refractivity contribution >= 4 is 17.5 Å². The van der Waals surface area contributed by atoms with Gasteiger partial charge in [-0.2, -0.15) is 0 Å². The maximum absolute atomic E-state index is 13.1. The molecule has 2 amide bonds. The zero-order valence-electron chi connectivity index (χ0n) is 15.6. The smallest absolute Gasteiger partial charge is 0.254 e. The number of aromatic nitrogens is 1. The van der Waals surface area contributed by atoms with Gasteiger partial charge in [0.05, 0.1) is 12.2 Å². The van der Waals surface area contributed by atoms with Crippen LogP contribution in [-0.4, -0.2) is 47.4 Å². The van der Waals surface area contributed by atoms with Crippen molar-refractivity contribution in [3.63, 3.8) is 0 Å². The molecular weight excluding hydrogens is 342 g/mol. The van der Waals surface area contributed by atoms with Crippen LogP contribution in [0, 0.1) is 6.92 Å².